The number of anilines is 1. The average molecular weight is 584 g/mol. The van der Waals surface area contributed by atoms with Crippen molar-refractivity contribution in [1.29, 1.82) is 0 Å². The number of carbonyl (C=O) groups is 2. The number of aryl methyl sites for hydroxylation is 2. The second kappa shape index (κ2) is 10.9. The van der Waals surface area contributed by atoms with Crippen molar-refractivity contribution in [2.24, 2.45) is 0 Å². The number of thioether (sulfide) groups is 1. The van der Waals surface area contributed by atoms with Crippen LogP contribution in [0.1, 0.15) is 33.9 Å². The predicted molar refractivity (Wildman–Crippen MR) is 151 cm³/mol. The topological polar surface area (TPSA) is 96.3 Å². The minimum Gasteiger partial charge on any atom is -0.507 e. The summed E-state index contributed by atoms with van der Waals surface area (Å²) in [5.41, 5.74) is 3.68. The first-order valence-electron chi connectivity index (χ1n) is 11.4. The van der Waals surface area contributed by atoms with Gasteiger partial charge >= 0.3 is 5.91 Å². The summed E-state index contributed by atoms with van der Waals surface area (Å²) in [6, 6.07) is 13.4. The number of aliphatic hydroxyl groups is 1. The van der Waals surface area contributed by atoms with Gasteiger partial charge in [0.2, 0.25) is 5.13 Å². The number of aromatic nitrogens is 3. The smallest absolute Gasteiger partial charge is 0.301 e. The summed E-state index contributed by atoms with van der Waals surface area (Å²) in [5.74, 6) is -1.29. The molecule has 3 heterocycles. The molecular weight excluding hydrogens is 563 g/mol. The third-order valence-electron chi connectivity index (χ3n) is 6.08. The largest absolute Gasteiger partial charge is 0.507 e. The van der Waals surface area contributed by atoms with E-state index in [0.717, 1.165) is 16.7 Å². The fraction of sp³-hybridized carbons (Fsp3) is 0.148. The monoisotopic (exact) mass is 582 g/mol. The first kappa shape index (κ1) is 26.4. The standard InChI is InChI=1S/C27H20Cl2N4O3S2/c1-14-3-4-15(2)19(11-14)23(34)21-22(16-7-9-30-10-8-16)33(25(36)24(21)35)26-31-32-27(38-26)37-13-17-5-6-18(28)12-20(17)29/h3-12,22,34H,13H2,1-2H3. The van der Waals surface area contributed by atoms with Gasteiger partial charge in [-0.25, -0.2) is 0 Å². The molecule has 5 rings (SSSR count). The van der Waals surface area contributed by atoms with Crippen molar-refractivity contribution < 1.29 is 14.7 Å². The van der Waals surface area contributed by atoms with E-state index in [1.54, 1.807) is 42.7 Å². The van der Waals surface area contributed by atoms with Gasteiger partial charge in [-0.05, 0) is 60.9 Å². The van der Waals surface area contributed by atoms with E-state index in [2.05, 4.69) is 15.2 Å². The Balaban J connectivity index is 1.54. The number of Topliss-reactive ketones (excluding diaryl/α,β-unsaturated/α-hetero) is 1. The van der Waals surface area contributed by atoms with E-state index < -0.39 is 17.7 Å². The van der Waals surface area contributed by atoms with Crippen LogP contribution < -0.4 is 4.90 Å². The van der Waals surface area contributed by atoms with E-state index in [1.165, 1.54) is 28.0 Å². The van der Waals surface area contributed by atoms with E-state index in [1.807, 2.05) is 32.0 Å². The number of hydrogen-bond acceptors (Lipinski definition) is 8. The molecule has 0 saturated carbocycles. The molecule has 4 aromatic rings. The van der Waals surface area contributed by atoms with Gasteiger partial charge in [-0.15, -0.1) is 10.2 Å². The van der Waals surface area contributed by atoms with Crippen molar-refractivity contribution in [3.05, 3.63) is 104 Å². The fourth-order valence-electron chi connectivity index (χ4n) is 4.16. The van der Waals surface area contributed by atoms with Gasteiger partial charge in [0.05, 0.1) is 11.6 Å². The highest BCUT2D eigenvalue weighted by Gasteiger charge is 2.48. The SMILES string of the molecule is Cc1ccc(C)c(C(O)=C2C(=O)C(=O)N(c3nnc(SCc4ccc(Cl)cc4Cl)s3)C2c2ccncc2)c1. The number of hydrogen-bond donors (Lipinski definition) is 1. The number of pyridine rings is 1. The van der Waals surface area contributed by atoms with Crippen LogP contribution in [-0.4, -0.2) is 32.0 Å². The molecule has 2 aromatic carbocycles. The summed E-state index contributed by atoms with van der Waals surface area (Å²) < 4.78 is 0.593. The molecule has 192 valence electrons. The second-order valence-electron chi connectivity index (χ2n) is 8.64. The average Bonchev–Trinajstić information content (AvgIpc) is 3.47. The Hall–Kier alpha value is -3.24. The van der Waals surface area contributed by atoms with Crippen LogP contribution in [0.15, 0.2) is 70.8 Å². The summed E-state index contributed by atoms with van der Waals surface area (Å²) in [6.45, 7) is 3.74. The molecule has 0 bridgehead atoms. The molecule has 1 aliphatic heterocycles. The minimum atomic E-state index is -0.894. The Morgan fingerprint density at radius 2 is 1.82 bits per heavy atom. The van der Waals surface area contributed by atoms with Crippen LogP contribution in [0.2, 0.25) is 10.0 Å². The van der Waals surface area contributed by atoms with Gasteiger partial charge < -0.3 is 5.11 Å². The van der Waals surface area contributed by atoms with E-state index in [9.17, 15) is 14.7 Å². The summed E-state index contributed by atoms with van der Waals surface area (Å²) >= 11 is 14.9. The van der Waals surface area contributed by atoms with Crippen molar-refractivity contribution in [3.8, 4) is 0 Å². The van der Waals surface area contributed by atoms with Crippen molar-refractivity contribution in [3.63, 3.8) is 0 Å². The molecule has 0 radical (unpaired) electrons. The lowest BCUT2D eigenvalue weighted by atomic mass is 9.94. The molecule has 38 heavy (non-hydrogen) atoms. The van der Waals surface area contributed by atoms with E-state index in [4.69, 9.17) is 23.2 Å². The third kappa shape index (κ3) is 5.07. The normalized spacial score (nSPS) is 16.8. The molecule has 1 aliphatic rings. The number of halogens is 2. The molecule has 1 unspecified atom stereocenters. The minimum absolute atomic E-state index is 0.00718. The van der Waals surface area contributed by atoms with Crippen LogP contribution in [0.25, 0.3) is 5.76 Å². The molecule has 1 atom stereocenters. The van der Waals surface area contributed by atoms with Crippen molar-refractivity contribution in [2.75, 3.05) is 4.90 Å². The van der Waals surface area contributed by atoms with Crippen molar-refractivity contribution in [1.82, 2.24) is 15.2 Å². The Morgan fingerprint density at radius 3 is 2.55 bits per heavy atom. The first-order chi connectivity index (χ1) is 18.2. The van der Waals surface area contributed by atoms with Crippen LogP contribution in [0, 0.1) is 13.8 Å². The van der Waals surface area contributed by atoms with Gasteiger partial charge in [0.25, 0.3) is 5.78 Å². The fourth-order valence-corrected chi connectivity index (χ4v) is 6.59. The molecule has 1 fully saturated rings. The van der Waals surface area contributed by atoms with Crippen LogP contribution in [0.5, 0.6) is 0 Å². The number of carbonyl (C=O) groups excluding carboxylic acids is 2. The molecule has 1 amide bonds. The van der Waals surface area contributed by atoms with E-state index in [0.29, 0.717) is 31.3 Å². The number of ketones is 1. The summed E-state index contributed by atoms with van der Waals surface area (Å²) in [6.07, 6.45) is 3.15. The molecule has 0 aliphatic carbocycles. The summed E-state index contributed by atoms with van der Waals surface area (Å²) in [7, 11) is 0. The number of rotatable bonds is 6. The van der Waals surface area contributed by atoms with Gasteiger partial charge in [0.15, 0.2) is 4.34 Å². The zero-order valence-electron chi connectivity index (χ0n) is 20.2. The van der Waals surface area contributed by atoms with E-state index in [-0.39, 0.29) is 16.5 Å². The lowest BCUT2D eigenvalue weighted by Gasteiger charge is -2.22. The molecule has 1 saturated heterocycles. The lowest BCUT2D eigenvalue weighted by molar-refractivity contribution is -0.132. The number of nitrogens with zero attached hydrogens (tertiary/aromatic N) is 4. The zero-order valence-corrected chi connectivity index (χ0v) is 23.3. The Bertz CT molecular complexity index is 1590. The highest BCUT2D eigenvalue weighted by atomic mass is 35.5. The second-order valence-corrected chi connectivity index (χ2v) is 11.7. The molecule has 11 heteroatoms. The summed E-state index contributed by atoms with van der Waals surface area (Å²) in [5, 5.41) is 21.2. The van der Waals surface area contributed by atoms with Gasteiger partial charge in [-0.2, -0.15) is 0 Å². The van der Waals surface area contributed by atoms with E-state index >= 15 is 0 Å². The molecule has 1 N–H and O–H groups in total. The number of benzene rings is 2. The predicted octanol–water partition coefficient (Wildman–Crippen LogP) is 6.78. The molecule has 7 nitrogen and oxygen atoms in total. The molecular formula is C27H20Cl2N4O3S2. The molecule has 2 aromatic heterocycles. The maximum atomic E-state index is 13.4. The Morgan fingerprint density at radius 1 is 1.05 bits per heavy atom. The van der Waals surface area contributed by atoms with Crippen LogP contribution in [0.3, 0.4) is 0 Å². The third-order valence-corrected chi connectivity index (χ3v) is 8.77. The van der Waals surface area contributed by atoms with Gasteiger partial charge in [-0.1, -0.05) is 70.1 Å². The lowest BCUT2D eigenvalue weighted by Crippen LogP contribution is -2.29. The summed E-state index contributed by atoms with van der Waals surface area (Å²) in [4.78, 5) is 32.1. The highest BCUT2D eigenvalue weighted by Crippen LogP contribution is 2.44. The van der Waals surface area contributed by atoms with Crippen LogP contribution >= 0.6 is 46.3 Å². The maximum absolute atomic E-state index is 13.4. The quantitative estimate of drug-likeness (QED) is 0.0879. The van der Waals surface area contributed by atoms with Gasteiger partial charge in [-0.3, -0.25) is 19.5 Å². The van der Waals surface area contributed by atoms with Crippen LogP contribution in [0.4, 0.5) is 5.13 Å². The number of aliphatic hydroxyl groups excluding tert-OH is 1. The Labute approximate surface area is 237 Å². The van der Waals surface area contributed by atoms with Crippen molar-refractivity contribution in [2.45, 2.75) is 30.0 Å². The van der Waals surface area contributed by atoms with Gasteiger partial charge in [0, 0.05) is 33.8 Å². The van der Waals surface area contributed by atoms with Crippen molar-refractivity contribution >= 4 is 68.9 Å². The van der Waals surface area contributed by atoms with Crippen LogP contribution in [-0.2, 0) is 15.3 Å². The number of amides is 1. The first-order valence-corrected chi connectivity index (χ1v) is 14.0. The Kier molecular flexibility index (Phi) is 7.54. The van der Waals surface area contributed by atoms with Gasteiger partial charge in [0.1, 0.15) is 5.76 Å². The highest BCUT2D eigenvalue weighted by molar-refractivity contribution is 8.00. The molecule has 0 spiro atoms. The maximum Gasteiger partial charge on any atom is 0.301 e. The zero-order chi connectivity index (χ0) is 27.0.